The second-order valence-corrected chi connectivity index (χ2v) is 6.31. The molecule has 0 aliphatic carbocycles. The van der Waals surface area contributed by atoms with E-state index in [0.29, 0.717) is 0 Å². The number of methoxy groups -OCH3 is 1. The Hall–Kier alpha value is -0.260. The van der Waals surface area contributed by atoms with Gasteiger partial charge in [0.2, 0.25) is 0 Å². The minimum atomic E-state index is 0.717. The van der Waals surface area contributed by atoms with Gasteiger partial charge in [-0.1, -0.05) is 31.5 Å². The topological polar surface area (TPSA) is 24.5 Å². The highest BCUT2D eigenvalue weighted by atomic mass is 35.5. The van der Waals surface area contributed by atoms with Crippen LogP contribution in [0.25, 0.3) is 0 Å². The Balaban J connectivity index is 2.54. The molecule has 0 amide bonds. The van der Waals surface area contributed by atoms with Gasteiger partial charge in [-0.25, -0.2) is 0 Å². The summed E-state index contributed by atoms with van der Waals surface area (Å²) in [4.78, 5) is 3.72. The minimum Gasteiger partial charge on any atom is -0.383 e. The quantitative estimate of drug-likeness (QED) is 0.495. The SMILES string of the molecule is CCN(CC)CCSc1cccc(Cl)c1CNCCOC. The fourth-order valence-corrected chi connectivity index (χ4v) is 3.46. The van der Waals surface area contributed by atoms with Crippen molar-refractivity contribution < 1.29 is 4.74 Å². The molecule has 1 aromatic rings. The van der Waals surface area contributed by atoms with Crippen LogP contribution in [0.3, 0.4) is 0 Å². The molecule has 5 heteroatoms. The summed E-state index contributed by atoms with van der Waals surface area (Å²) in [7, 11) is 1.71. The maximum atomic E-state index is 6.34. The lowest BCUT2D eigenvalue weighted by Gasteiger charge is -2.18. The first-order valence-corrected chi connectivity index (χ1v) is 8.91. The van der Waals surface area contributed by atoms with Gasteiger partial charge in [0.05, 0.1) is 6.61 Å². The van der Waals surface area contributed by atoms with Crippen molar-refractivity contribution in [2.75, 3.05) is 45.6 Å². The van der Waals surface area contributed by atoms with Crippen molar-refractivity contribution >= 4 is 23.4 Å². The van der Waals surface area contributed by atoms with Crippen molar-refractivity contribution in [1.82, 2.24) is 10.2 Å². The summed E-state index contributed by atoms with van der Waals surface area (Å²) < 4.78 is 5.05. The third-order valence-corrected chi connectivity index (χ3v) is 4.85. The standard InChI is InChI=1S/C16H27ClN2OS/c1-4-19(5-2)10-12-21-16-8-6-7-15(17)14(16)13-18-9-11-20-3/h6-8,18H,4-5,9-13H2,1-3H3. The number of hydrogen-bond acceptors (Lipinski definition) is 4. The number of rotatable bonds is 11. The van der Waals surface area contributed by atoms with Crippen molar-refractivity contribution in [2.45, 2.75) is 25.3 Å². The molecule has 0 spiro atoms. The smallest absolute Gasteiger partial charge is 0.0587 e. The van der Waals surface area contributed by atoms with Crippen LogP contribution in [0.15, 0.2) is 23.1 Å². The predicted molar refractivity (Wildman–Crippen MR) is 93.5 cm³/mol. The van der Waals surface area contributed by atoms with E-state index in [-0.39, 0.29) is 0 Å². The molecule has 1 aromatic carbocycles. The molecule has 21 heavy (non-hydrogen) atoms. The summed E-state index contributed by atoms with van der Waals surface area (Å²) in [6, 6.07) is 6.15. The van der Waals surface area contributed by atoms with E-state index >= 15 is 0 Å². The van der Waals surface area contributed by atoms with Crippen LogP contribution in [-0.4, -0.2) is 50.5 Å². The molecule has 0 atom stereocenters. The number of thioether (sulfide) groups is 1. The van der Waals surface area contributed by atoms with Gasteiger partial charge in [0, 0.05) is 42.4 Å². The van der Waals surface area contributed by atoms with Crippen LogP contribution in [0, 0.1) is 0 Å². The molecule has 3 nitrogen and oxygen atoms in total. The lowest BCUT2D eigenvalue weighted by Crippen LogP contribution is -2.25. The van der Waals surface area contributed by atoms with Gasteiger partial charge >= 0.3 is 0 Å². The first-order valence-electron chi connectivity index (χ1n) is 7.55. The Bertz CT molecular complexity index is 400. The van der Waals surface area contributed by atoms with Gasteiger partial charge in [-0.05, 0) is 30.8 Å². The van der Waals surface area contributed by atoms with Crippen LogP contribution in [0.4, 0.5) is 0 Å². The number of nitrogens with one attached hydrogen (secondary N) is 1. The number of halogens is 1. The molecule has 1 rings (SSSR count). The molecule has 0 aliphatic heterocycles. The van der Waals surface area contributed by atoms with Crippen molar-refractivity contribution in [3.05, 3.63) is 28.8 Å². The summed E-state index contributed by atoms with van der Waals surface area (Å²) in [5.74, 6) is 1.09. The molecule has 0 heterocycles. The molecular formula is C16H27ClN2OS. The minimum absolute atomic E-state index is 0.717. The summed E-state index contributed by atoms with van der Waals surface area (Å²) in [6.45, 7) is 10.1. The molecule has 0 unspecified atom stereocenters. The average molecular weight is 331 g/mol. The fourth-order valence-electron chi connectivity index (χ4n) is 2.06. The predicted octanol–water partition coefficient (Wildman–Crippen LogP) is 3.51. The van der Waals surface area contributed by atoms with Crippen molar-refractivity contribution in [3.63, 3.8) is 0 Å². The Morgan fingerprint density at radius 3 is 2.71 bits per heavy atom. The van der Waals surface area contributed by atoms with Crippen LogP contribution in [0.5, 0.6) is 0 Å². The van der Waals surface area contributed by atoms with Gasteiger partial charge in [-0.2, -0.15) is 0 Å². The van der Waals surface area contributed by atoms with Crippen LogP contribution in [-0.2, 0) is 11.3 Å². The summed E-state index contributed by atoms with van der Waals surface area (Å²) in [5.41, 5.74) is 1.19. The maximum absolute atomic E-state index is 6.34. The first kappa shape index (κ1) is 18.8. The zero-order valence-corrected chi connectivity index (χ0v) is 14.9. The van der Waals surface area contributed by atoms with E-state index in [1.807, 2.05) is 23.9 Å². The maximum Gasteiger partial charge on any atom is 0.0587 e. The van der Waals surface area contributed by atoms with E-state index < -0.39 is 0 Å². The Kier molecular flexibility index (Phi) is 10.1. The Morgan fingerprint density at radius 1 is 1.29 bits per heavy atom. The van der Waals surface area contributed by atoms with E-state index in [4.69, 9.17) is 16.3 Å². The monoisotopic (exact) mass is 330 g/mol. The molecule has 0 saturated carbocycles. The third kappa shape index (κ3) is 7.02. The van der Waals surface area contributed by atoms with Gasteiger partial charge < -0.3 is 15.0 Å². The zero-order valence-electron chi connectivity index (χ0n) is 13.3. The molecule has 0 bridgehead atoms. The molecule has 0 radical (unpaired) electrons. The van der Waals surface area contributed by atoms with E-state index in [2.05, 4.69) is 30.1 Å². The second-order valence-electron chi connectivity index (χ2n) is 4.76. The average Bonchev–Trinajstić information content (AvgIpc) is 2.50. The Morgan fingerprint density at radius 2 is 2.05 bits per heavy atom. The number of hydrogen-bond donors (Lipinski definition) is 1. The van der Waals surface area contributed by atoms with Crippen LogP contribution in [0.1, 0.15) is 19.4 Å². The number of nitrogens with zero attached hydrogens (tertiary/aromatic N) is 1. The molecule has 1 N–H and O–H groups in total. The number of benzene rings is 1. The van der Waals surface area contributed by atoms with E-state index in [1.54, 1.807) is 7.11 Å². The van der Waals surface area contributed by atoms with Crippen molar-refractivity contribution in [3.8, 4) is 0 Å². The highest BCUT2D eigenvalue weighted by molar-refractivity contribution is 7.99. The molecule has 0 saturated heterocycles. The fraction of sp³-hybridized carbons (Fsp3) is 0.625. The molecule has 0 aliphatic rings. The molecule has 120 valence electrons. The van der Waals surface area contributed by atoms with E-state index in [1.165, 1.54) is 10.5 Å². The van der Waals surface area contributed by atoms with Gasteiger partial charge in [0.25, 0.3) is 0 Å². The largest absolute Gasteiger partial charge is 0.383 e. The highest BCUT2D eigenvalue weighted by Gasteiger charge is 2.08. The van der Waals surface area contributed by atoms with Crippen molar-refractivity contribution in [2.24, 2.45) is 0 Å². The molecular weight excluding hydrogens is 304 g/mol. The lowest BCUT2D eigenvalue weighted by molar-refractivity contribution is 0.199. The lowest BCUT2D eigenvalue weighted by atomic mass is 10.2. The van der Waals surface area contributed by atoms with Crippen LogP contribution in [0.2, 0.25) is 5.02 Å². The highest BCUT2D eigenvalue weighted by Crippen LogP contribution is 2.28. The second kappa shape index (κ2) is 11.3. The number of ether oxygens (including phenoxy) is 1. The van der Waals surface area contributed by atoms with E-state index in [0.717, 1.165) is 50.1 Å². The zero-order chi connectivity index (χ0) is 15.5. The summed E-state index contributed by atoms with van der Waals surface area (Å²) in [5, 5.41) is 4.21. The van der Waals surface area contributed by atoms with Gasteiger partial charge in [0.15, 0.2) is 0 Å². The van der Waals surface area contributed by atoms with Crippen molar-refractivity contribution in [1.29, 1.82) is 0 Å². The van der Waals surface area contributed by atoms with E-state index in [9.17, 15) is 0 Å². The summed E-state index contributed by atoms with van der Waals surface area (Å²) >= 11 is 8.23. The third-order valence-electron chi connectivity index (χ3n) is 3.42. The first-order chi connectivity index (χ1) is 10.2. The van der Waals surface area contributed by atoms with Crippen LogP contribution >= 0.6 is 23.4 Å². The van der Waals surface area contributed by atoms with Gasteiger partial charge in [0.1, 0.15) is 0 Å². The van der Waals surface area contributed by atoms with Crippen LogP contribution < -0.4 is 5.32 Å². The van der Waals surface area contributed by atoms with Gasteiger partial charge in [-0.15, -0.1) is 11.8 Å². The normalized spacial score (nSPS) is 11.3. The Labute approximate surface area is 138 Å². The molecule has 0 fully saturated rings. The van der Waals surface area contributed by atoms with Gasteiger partial charge in [-0.3, -0.25) is 0 Å². The summed E-state index contributed by atoms with van der Waals surface area (Å²) in [6.07, 6.45) is 0. The molecule has 0 aromatic heterocycles.